The second kappa shape index (κ2) is 15.7. The van der Waals surface area contributed by atoms with Crippen LogP contribution >= 0.6 is 0 Å². The number of allylic oxidation sites excluding steroid dienone is 10. The molecule has 2 unspecified atom stereocenters. The van der Waals surface area contributed by atoms with Crippen LogP contribution in [0.15, 0.2) is 218 Å². The van der Waals surface area contributed by atoms with Gasteiger partial charge in [-0.3, -0.25) is 0 Å². The molecule has 7 aromatic rings. The Balaban J connectivity index is 1.23. The van der Waals surface area contributed by atoms with Crippen LogP contribution in [-0.4, -0.2) is 12.1 Å². The molecule has 0 spiro atoms. The van der Waals surface area contributed by atoms with E-state index in [1.807, 2.05) is 0 Å². The standard InChI is InChI=1S/C58H48N2/c1-5-21-47(22-6-1)59(48-23-7-2-8-24-48)51-33-35-53-55(39-51)57(45-31-29-41-17-13-15-19-43(41)37-45)54-36-34-52(60(49-25-9-3-10-26-49)50-27-11-4-12-28-50)40-56(54)58(53)46-32-30-42-18-14-16-20-44(42)38-46/h1-15,17-19,21-23,25-27,29,31,33-40,48,50H,16,20,24,28,30,32H2. The molecular formula is C58H48N2. The number of hydrogen-bond acceptors (Lipinski definition) is 2. The van der Waals surface area contributed by atoms with Gasteiger partial charge in [0.2, 0.25) is 0 Å². The number of hydrogen-bond donors (Lipinski definition) is 0. The zero-order chi connectivity index (χ0) is 39.8. The third kappa shape index (κ3) is 6.63. The van der Waals surface area contributed by atoms with Crippen molar-refractivity contribution in [1.29, 1.82) is 0 Å². The van der Waals surface area contributed by atoms with Gasteiger partial charge < -0.3 is 9.80 Å². The van der Waals surface area contributed by atoms with E-state index in [-0.39, 0.29) is 12.1 Å². The fourth-order valence-corrected chi connectivity index (χ4v) is 10.2. The van der Waals surface area contributed by atoms with Crippen LogP contribution in [0.25, 0.3) is 49.0 Å². The largest absolute Gasteiger partial charge is 0.334 e. The Hall–Kier alpha value is -6.90. The van der Waals surface area contributed by atoms with Gasteiger partial charge in [0.1, 0.15) is 0 Å². The number of para-hydroxylation sites is 2. The average molecular weight is 773 g/mol. The van der Waals surface area contributed by atoms with Gasteiger partial charge in [-0.1, -0.05) is 152 Å². The first-order valence-electron chi connectivity index (χ1n) is 21.7. The minimum atomic E-state index is 0.208. The summed E-state index contributed by atoms with van der Waals surface area (Å²) in [6.07, 6.45) is 31.6. The van der Waals surface area contributed by atoms with Crippen molar-refractivity contribution in [1.82, 2.24) is 0 Å². The van der Waals surface area contributed by atoms with Crippen LogP contribution in [0.5, 0.6) is 0 Å². The molecule has 0 amide bonds. The molecular weight excluding hydrogens is 725 g/mol. The molecule has 290 valence electrons. The van der Waals surface area contributed by atoms with E-state index in [9.17, 15) is 0 Å². The van der Waals surface area contributed by atoms with E-state index in [4.69, 9.17) is 0 Å². The first-order valence-corrected chi connectivity index (χ1v) is 21.7. The lowest BCUT2D eigenvalue weighted by molar-refractivity contribution is 0.785. The van der Waals surface area contributed by atoms with Crippen molar-refractivity contribution < 1.29 is 0 Å². The van der Waals surface area contributed by atoms with E-state index in [0.717, 1.165) is 38.5 Å². The molecule has 0 fully saturated rings. The van der Waals surface area contributed by atoms with Gasteiger partial charge in [-0.25, -0.2) is 0 Å². The molecule has 0 saturated heterocycles. The molecule has 2 atom stereocenters. The predicted octanol–water partition coefficient (Wildman–Crippen LogP) is 15.7. The molecule has 0 bridgehead atoms. The highest BCUT2D eigenvalue weighted by Gasteiger charge is 2.26. The molecule has 0 aromatic heterocycles. The van der Waals surface area contributed by atoms with E-state index >= 15 is 0 Å². The van der Waals surface area contributed by atoms with Crippen molar-refractivity contribution in [2.75, 3.05) is 9.80 Å². The van der Waals surface area contributed by atoms with Crippen LogP contribution in [0.3, 0.4) is 0 Å². The molecule has 7 aromatic carbocycles. The normalized spacial score (nSPS) is 18.3. The van der Waals surface area contributed by atoms with E-state index < -0.39 is 0 Å². The molecule has 0 N–H and O–H groups in total. The fourth-order valence-electron chi connectivity index (χ4n) is 10.2. The van der Waals surface area contributed by atoms with Gasteiger partial charge in [-0.05, 0) is 159 Å². The molecule has 60 heavy (non-hydrogen) atoms. The van der Waals surface area contributed by atoms with Gasteiger partial charge in [-0.15, -0.1) is 0 Å². The zero-order valence-electron chi connectivity index (χ0n) is 33.9. The number of benzene rings is 7. The van der Waals surface area contributed by atoms with Gasteiger partial charge in [0.05, 0.1) is 12.1 Å². The number of anilines is 4. The van der Waals surface area contributed by atoms with Crippen molar-refractivity contribution >= 4 is 60.6 Å². The van der Waals surface area contributed by atoms with Crippen molar-refractivity contribution in [2.45, 2.75) is 50.6 Å². The summed E-state index contributed by atoms with van der Waals surface area (Å²) in [5.74, 6) is 0. The first-order chi connectivity index (χ1) is 29.8. The van der Waals surface area contributed by atoms with E-state index in [1.165, 1.54) is 88.5 Å². The Kier molecular flexibility index (Phi) is 9.47. The van der Waals surface area contributed by atoms with Gasteiger partial charge in [-0.2, -0.15) is 0 Å². The lowest BCUT2D eigenvalue weighted by Gasteiger charge is -2.34. The maximum Gasteiger partial charge on any atom is 0.0559 e. The lowest BCUT2D eigenvalue weighted by atomic mass is 9.80. The van der Waals surface area contributed by atoms with Crippen molar-refractivity contribution in [2.24, 2.45) is 0 Å². The van der Waals surface area contributed by atoms with Gasteiger partial charge in [0.25, 0.3) is 0 Å². The molecule has 4 aliphatic rings. The summed E-state index contributed by atoms with van der Waals surface area (Å²) >= 11 is 0. The Labute approximate surface area is 353 Å². The summed E-state index contributed by atoms with van der Waals surface area (Å²) in [4.78, 5) is 5.07. The molecule has 0 aliphatic heterocycles. The Morgan fingerprint density at radius 3 is 1.65 bits per heavy atom. The monoisotopic (exact) mass is 772 g/mol. The third-order valence-electron chi connectivity index (χ3n) is 13.0. The van der Waals surface area contributed by atoms with Crippen molar-refractivity contribution in [3.05, 3.63) is 223 Å². The second-order valence-corrected chi connectivity index (χ2v) is 16.6. The summed E-state index contributed by atoms with van der Waals surface area (Å²) in [5.41, 5.74) is 13.2. The minimum absolute atomic E-state index is 0.208. The molecule has 4 aliphatic carbocycles. The van der Waals surface area contributed by atoms with Gasteiger partial charge in [0.15, 0.2) is 0 Å². The SMILES string of the molecule is C1=CCC(N(c2ccccc2)c2ccc3c(-c4ccc5ccccc5c4)c4cc(N(c5ccccc5)C5C=CC=CC5)ccc4c(C4=CC5=C(C=CCC5)CC4)c3c2)C=C1. The van der Waals surface area contributed by atoms with Gasteiger partial charge >= 0.3 is 0 Å². The second-order valence-electron chi connectivity index (χ2n) is 16.6. The van der Waals surface area contributed by atoms with E-state index in [1.54, 1.807) is 0 Å². The predicted molar refractivity (Wildman–Crippen MR) is 258 cm³/mol. The first kappa shape index (κ1) is 36.2. The van der Waals surface area contributed by atoms with Crippen LogP contribution in [0.1, 0.15) is 44.1 Å². The highest BCUT2D eigenvalue weighted by Crippen LogP contribution is 2.49. The maximum absolute atomic E-state index is 2.56. The van der Waals surface area contributed by atoms with Crippen LogP contribution in [0.2, 0.25) is 0 Å². The van der Waals surface area contributed by atoms with E-state index in [0.29, 0.717) is 0 Å². The van der Waals surface area contributed by atoms with Crippen molar-refractivity contribution in [3.8, 4) is 11.1 Å². The Morgan fingerprint density at radius 2 is 1.02 bits per heavy atom. The summed E-state index contributed by atoms with van der Waals surface area (Å²) in [6, 6.07) is 52.8. The molecule has 0 heterocycles. The average Bonchev–Trinajstić information content (AvgIpc) is 3.32. The molecule has 0 radical (unpaired) electrons. The Morgan fingerprint density at radius 1 is 0.417 bits per heavy atom. The fraction of sp³-hybridized carbons (Fsp3) is 0.138. The van der Waals surface area contributed by atoms with Crippen LogP contribution in [0, 0.1) is 0 Å². The van der Waals surface area contributed by atoms with Gasteiger partial charge in [0, 0.05) is 22.7 Å². The zero-order valence-corrected chi connectivity index (χ0v) is 33.9. The summed E-state index contributed by atoms with van der Waals surface area (Å²) in [5, 5.41) is 7.72. The number of rotatable bonds is 8. The number of fused-ring (bicyclic) bond motifs is 3. The molecule has 0 saturated carbocycles. The lowest BCUT2D eigenvalue weighted by Crippen LogP contribution is -2.29. The quantitative estimate of drug-likeness (QED) is 0.142. The third-order valence-corrected chi connectivity index (χ3v) is 13.0. The van der Waals surface area contributed by atoms with Crippen LogP contribution in [-0.2, 0) is 0 Å². The van der Waals surface area contributed by atoms with Crippen molar-refractivity contribution in [3.63, 3.8) is 0 Å². The molecule has 2 heteroatoms. The topological polar surface area (TPSA) is 6.48 Å². The Bertz CT molecular complexity index is 2990. The summed E-state index contributed by atoms with van der Waals surface area (Å²) in [6.45, 7) is 0. The van der Waals surface area contributed by atoms with Crippen LogP contribution < -0.4 is 9.80 Å². The van der Waals surface area contributed by atoms with Crippen LogP contribution in [0.4, 0.5) is 22.7 Å². The molecule has 2 nitrogen and oxygen atoms in total. The minimum Gasteiger partial charge on any atom is -0.334 e. The smallest absolute Gasteiger partial charge is 0.0559 e. The summed E-state index contributed by atoms with van der Waals surface area (Å²) < 4.78 is 0. The number of nitrogens with zero attached hydrogens (tertiary/aromatic N) is 2. The molecule has 11 rings (SSSR count). The highest BCUT2D eigenvalue weighted by atomic mass is 15.2. The highest BCUT2D eigenvalue weighted by molar-refractivity contribution is 6.20. The summed E-state index contributed by atoms with van der Waals surface area (Å²) in [7, 11) is 0. The van der Waals surface area contributed by atoms with E-state index in [2.05, 4.69) is 216 Å². The maximum atomic E-state index is 2.56.